The number of thioether (sulfide) groups is 1. The Balaban J connectivity index is 1.65. The minimum Gasteiger partial charge on any atom is -0.459 e. The van der Waals surface area contributed by atoms with E-state index in [-0.39, 0.29) is 12.1 Å². The Morgan fingerprint density at radius 2 is 1.78 bits per heavy atom. The molecule has 0 unspecified atom stereocenters. The van der Waals surface area contributed by atoms with E-state index in [2.05, 4.69) is 10.2 Å². The predicted octanol–water partition coefficient (Wildman–Crippen LogP) is 3.82. The van der Waals surface area contributed by atoms with E-state index in [1.54, 1.807) is 12.1 Å². The third-order valence-corrected chi connectivity index (χ3v) is 4.89. The Morgan fingerprint density at radius 1 is 1.11 bits per heavy atom. The number of aromatic nitrogens is 3. The van der Waals surface area contributed by atoms with Crippen LogP contribution >= 0.6 is 11.8 Å². The fraction of sp³-hybridized carbons (Fsp3) is 0.250. The van der Waals surface area contributed by atoms with Crippen molar-refractivity contribution in [3.63, 3.8) is 0 Å². The normalized spacial score (nSPS) is 11.0. The minimum atomic E-state index is -0.311. The fourth-order valence-corrected chi connectivity index (χ4v) is 3.25. The second-order valence-electron chi connectivity index (χ2n) is 6.48. The van der Waals surface area contributed by atoms with Crippen LogP contribution in [0.1, 0.15) is 35.3 Å². The Hall–Kier alpha value is -2.80. The van der Waals surface area contributed by atoms with Crippen LogP contribution in [0.25, 0.3) is 11.4 Å². The van der Waals surface area contributed by atoms with Crippen molar-refractivity contribution in [2.45, 2.75) is 37.8 Å². The van der Waals surface area contributed by atoms with E-state index in [0.29, 0.717) is 22.3 Å². The number of aryl methyl sites for hydroxylation is 1. The minimum absolute atomic E-state index is 0.133. The molecule has 6 nitrogen and oxygen atoms in total. The molecule has 7 heteroatoms. The second kappa shape index (κ2) is 8.26. The highest BCUT2D eigenvalue weighted by Crippen LogP contribution is 2.24. The largest absolute Gasteiger partial charge is 0.459 e. The molecular weight excluding hydrogens is 360 g/mol. The summed E-state index contributed by atoms with van der Waals surface area (Å²) in [5.74, 6) is 7.14. The first-order valence-electron chi connectivity index (χ1n) is 8.64. The van der Waals surface area contributed by atoms with E-state index in [0.717, 1.165) is 11.1 Å². The molecule has 140 valence electrons. The number of carbonyl (C=O) groups excluding carboxylic acids is 1. The van der Waals surface area contributed by atoms with Crippen molar-refractivity contribution in [2.75, 3.05) is 5.84 Å². The SMILES string of the molecule is Cc1ccc(-c2nnc(SCc3ccc(C(=O)OC(C)C)cc3)n2N)cc1. The third-order valence-electron chi connectivity index (χ3n) is 3.87. The van der Waals surface area contributed by atoms with Crippen molar-refractivity contribution in [3.8, 4) is 11.4 Å². The molecule has 2 N–H and O–H groups in total. The lowest BCUT2D eigenvalue weighted by molar-refractivity contribution is 0.0378. The maximum atomic E-state index is 11.9. The molecule has 0 amide bonds. The van der Waals surface area contributed by atoms with Crippen molar-refractivity contribution in [3.05, 3.63) is 65.2 Å². The lowest BCUT2D eigenvalue weighted by atomic mass is 10.1. The number of nitrogen functional groups attached to an aromatic ring is 1. The van der Waals surface area contributed by atoms with Gasteiger partial charge in [0.1, 0.15) is 0 Å². The summed E-state index contributed by atoms with van der Waals surface area (Å²) in [6.45, 7) is 5.69. The van der Waals surface area contributed by atoms with Crippen molar-refractivity contribution in [1.29, 1.82) is 0 Å². The molecule has 0 fully saturated rings. The number of esters is 1. The molecule has 0 spiro atoms. The van der Waals surface area contributed by atoms with Crippen LogP contribution in [-0.4, -0.2) is 26.9 Å². The highest BCUT2D eigenvalue weighted by atomic mass is 32.2. The summed E-state index contributed by atoms with van der Waals surface area (Å²) in [7, 11) is 0. The van der Waals surface area contributed by atoms with Gasteiger partial charge in [-0.15, -0.1) is 10.2 Å². The third kappa shape index (κ3) is 4.68. The van der Waals surface area contributed by atoms with Gasteiger partial charge in [0.05, 0.1) is 11.7 Å². The molecule has 1 aromatic heterocycles. The molecule has 0 saturated heterocycles. The topological polar surface area (TPSA) is 83.0 Å². The summed E-state index contributed by atoms with van der Waals surface area (Å²) in [5, 5.41) is 9.02. The van der Waals surface area contributed by atoms with Gasteiger partial charge in [0.15, 0.2) is 5.82 Å². The van der Waals surface area contributed by atoms with Crippen molar-refractivity contribution >= 4 is 17.7 Å². The van der Waals surface area contributed by atoms with E-state index in [1.165, 1.54) is 22.0 Å². The molecule has 27 heavy (non-hydrogen) atoms. The number of rotatable bonds is 6. The van der Waals surface area contributed by atoms with Crippen LogP contribution in [0.5, 0.6) is 0 Å². The van der Waals surface area contributed by atoms with Crippen LogP contribution in [-0.2, 0) is 10.5 Å². The van der Waals surface area contributed by atoms with Crippen molar-refractivity contribution < 1.29 is 9.53 Å². The van der Waals surface area contributed by atoms with E-state index in [9.17, 15) is 4.79 Å². The van der Waals surface area contributed by atoms with Gasteiger partial charge < -0.3 is 10.6 Å². The summed E-state index contributed by atoms with van der Waals surface area (Å²) in [5.41, 5.74) is 3.70. The van der Waals surface area contributed by atoms with Crippen LogP contribution in [0, 0.1) is 6.92 Å². The molecule has 0 radical (unpaired) electrons. The Kier molecular flexibility index (Phi) is 5.81. The highest BCUT2D eigenvalue weighted by molar-refractivity contribution is 7.98. The van der Waals surface area contributed by atoms with Gasteiger partial charge in [0, 0.05) is 11.3 Å². The van der Waals surface area contributed by atoms with Crippen molar-refractivity contribution in [2.24, 2.45) is 0 Å². The zero-order chi connectivity index (χ0) is 19.4. The van der Waals surface area contributed by atoms with Gasteiger partial charge in [0.25, 0.3) is 0 Å². The summed E-state index contributed by atoms with van der Waals surface area (Å²) < 4.78 is 6.69. The van der Waals surface area contributed by atoms with Crippen LogP contribution in [0.2, 0.25) is 0 Å². The number of benzene rings is 2. The summed E-state index contributed by atoms with van der Waals surface area (Å²) in [6, 6.07) is 15.3. The average Bonchev–Trinajstić information content (AvgIpc) is 3.01. The second-order valence-corrected chi connectivity index (χ2v) is 7.42. The van der Waals surface area contributed by atoms with Gasteiger partial charge in [-0.05, 0) is 38.5 Å². The quantitative estimate of drug-likeness (QED) is 0.396. The first-order valence-corrected chi connectivity index (χ1v) is 9.63. The van der Waals surface area contributed by atoms with Crippen molar-refractivity contribution in [1.82, 2.24) is 14.9 Å². The molecule has 0 saturated carbocycles. The number of carbonyl (C=O) groups is 1. The number of nitrogens with zero attached hydrogens (tertiary/aromatic N) is 3. The molecule has 1 heterocycles. The standard InChI is InChI=1S/C20H22N4O2S/c1-13(2)26-19(25)17-10-6-15(7-11-17)12-27-20-23-22-18(24(20)21)16-8-4-14(3)5-9-16/h4-11,13H,12,21H2,1-3H3. The summed E-state index contributed by atoms with van der Waals surface area (Å²) in [4.78, 5) is 11.9. The summed E-state index contributed by atoms with van der Waals surface area (Å²) >= 11 is 1.49. The molecule has 0 bridgehead atoms. The number of hydrogen-bond donors (Lipinski definition) is 1. The van der Waals surface area contributed by atoms with Gasteiger partial charge >= 0.3 is 5.97 Å². The Morgan fingerprint density at radius 3 is 2.41 bits per heavy atom. The zero-order valence-corrected chi connectivity index (χ0v) is 16.4. The molecule has 0 aliphatic rings. The van der Waals surface area contributed by atoms with E-state index in [4.69, 9.17) is 10.6 Å². The Bertz CT molecular complexity index is 918. The van der Waals surface area contributed by atoms with E-state index in [1.807, 2.05) is 57.2 Å². The van der Waals surface area contributed by atoms with Gasteiger partial charge in [-0.1, -0.05) is 53.7 Å². The summed E-state index contributed by atoms with van der Waals surface area (Å²) in [6.07, 6.45) is -0.133. The monoisotopic (exact) mass is 382 g/mol. The predicted molar refractivity (Wildman–Crippen MR) is 107 cm³/mol. The molecule has 3 rings (SSSR count). The average molecular weight is 382 g/mol. The maximum Gasteiger partial charge on any atom is 0.338 e. The van der Waals surface area contributed by atoms with Crippen LogP contribution in [0.3, 0.4) is 0 Å². The van der Waals surface area contributed by atoms with Gasteiger partial charge in [0.2, 0.25) is 5.16 Å². The van der Waals surface area contributed by atoms with Gasteiger partial charge in [-0.25, -0.2) is 9.47 Å². The number of nitrogens with two attached hydrogens (primary N) is 1. The maximum absolute atomic E-state index is 11.9. The smallest absolute Gasteiger partial charge is 0.338 e. The molecule has 0 atom stereocenters. The van der Waals surface area contributed by atoms with Gasteiger partial charge in [-0.3, -0.25) is 0 Å². The molecule has 3 aromatic rings. The van der Waals surface area contributed by atoms with E-state index >= 15 is 0 Å². The number of hydrogen-bond acceptors (Lipinski definition) is 6. The fourth-order valence-electron chi connectivity index (χ4n) is 2.44. The Labute approximate surface area is 162 Å². The van der Waals surface area contributed by atoms with Crippen LogP contribution in [0.15, 0.2) is 53.7 Å². The lowest BCUT2D eigenvalue weighted by Crippen LogP contribution is -2.12. The zero-order valence-electron chi connectivity index (χ0n) is 15.5. The highest BCUT2D eigenvalue weighted by Gasteiger charge is 2.13. The van der Waals surface area contributed by atoms with Gasteiger partial charge in [-0.2, -0.15) is 0 Å². The number of ether oxygens (including phenoxy) is 1. The first kappa shape index (κ1) is 19.0. The van der Waals surface area contributed by atoms with Crippen LogP contribution < -0.4 is 5.84 Å². The van der Waals surface area contributed by atoms with E-state index < -0.39 is 0 Å². The molecule has 0 aliphatic carbocycles. The molecule has 2 aromatic carbocycles. The molecule has 0 aliphatic heterocycles. The van der Waals surface area contributed by atoms with Crippen LogP contribution in [0.4, 0.5) is 0 Å². The lowest BCUT2D eigenvalue weighted by Gasteiger charge is -2.08. The molecular formula is C20H22N4O2S. The first-order chi connectivity index (χ1) is 12.9.